The third-order valence-corrected chi connectivity index (χ3v) is 5.31. The molecule has 150 valence electrons. The monoisotopic (exact) mass is 391 g/mol. The van der Waals surface area contributed by atoms with Gasteiger partial charge in [-0.15, -0.1) is 0 Å². The molecule has 3 heterocycles. The van der Waals surface area contributed by atoms with E-state index in [9.17, 15) is 4.79 Å². The van der Waals surface area contributed by atoms with E-state index < -0.39 is 0 Å². The second kappa shape index (κ2) is 8.38. The Labute approximate surface area is 169 Å². The number of pyridine rings is 1. The third-order valence-electron chi connectivity index (χ3n) is 5.31. The molecule has 1 saturated carbocycles. The van der Waals surface area contributed by atoms with Crippen LogP contribution >= 0.6 is 0 Å². The summed E-state index contributed by atoms with van der Waals surface area (Å²) in [6.45, 7) is 0. The number of nitrogens with zero attached hydrogens (tertiary/aromatic N) is 6. The van der Waals surface area contributed by atoms with Gasteiger partial charge in [-0.25, -0.2) is 14.6 Å². The molecule has 1 fully saturated rings. The molecule has 0 spiro atoms. The minimum Gasteiger partial charge on any atom is -0.367 e. The van der Waals surface area contributed by atoms with Gasteiger partial charge in [-0.05, 0) is 43.9 Å². The lowest BCUT2D eigenvalue weighted by Gasteiger charge is -2.30. The standard InChI is InChI=1S/C21H25N7O/c1-27(2)20-13-19(23-14-24-20)25-16-3-5-17(6-4-16)28-21(29)8-7-18(26-28)15-9-11-22-12-10-15/h7-14,16-17H,3-6H2,1-2H3,(H,23,24,25). The van der Waals surface area contributed by atoms with Crippen molar-refractivity contribution < 1.29 is 0 Å². The van der Waals surface area contributed by atoms with E-state index in [1.165, 1.54) is 0 Å². The molecule has 0 amide bonds. The zero-order chi connectivity index (χ0) is 20.2. The van der Waals surface area contributed by atoms with Gasteiger partial charge in [-0.1, -0.05) is 0 Å². The van der Waals surface area contributed by atoms with Crippen molar-refractivity contribution in [2.24, 2.45) is 0 Å². The van der Waals surface area contributed by atoms with E-state index in [-0.39, 0.29) is 11.6 Å². The van der Waals surface area contributed by atoms with Crippen molar-refractivity contribution in [3.05, 3.63) is 59.4 Å². The zero-order valence-electron chi connectivity index (χ0n) is 16.7. The summed E-state index contributed by atoms with van der Waals surface area (Å²) in [6, 6.07) is 9.59. The fraction of sp³-hybridized carbons (Fsp3) is 0.381. The summed E-state index contributed by atoms with van der Waals surface area (Å²) in [5.41, 5.74) is 1.71. The van der Waals surface area contributed by atoms with Crippen molar-refractivity contribution >= 4 is 11.6 Å². The van der Waals surface area contributed by atoms with Gasteiger partial charge in [-0.2, -0.15) is 5.10 Å². The molecule has 4 rings (SSSR count). The highest BCUT2D eigenvalue weighted by Gasteiger charge is 2.24. The summed E-state index contributed by atoms with van der Waals surface area (Å²) in [7, 11) is 3.92. The van der Waals surface area contributed by atoms with Crippen molar-refractivity contribution in [2.75, 3.05) is 24.3 Å². The molecule has 3 aromatic heterocycles. The Bertz CT molecular complexity index is 1010. The lowest BCUT2D eigenvalue weighted by Crippen LogP contribution is -2.33. The van der Waals surface area contributed by atoms with Gasteiger partial charge in [0.1, 0.15) is 18.0 Å². The van der Waals surface area contributed by atoms with Gasteiger partial charge < -0.3 is 10.2 Å². The van der Waals surface area contributed by atoms with Crippen LogP contribution in [0.5, 0.6) is 0 Å². The summed E-state index contributed by atoms with van der Waals surface area (Å²) in [4.78, 5) is 27.0. The molecule has 8 nitrogen and oxygen atoms in total. The second-order valence-corrected chi connectivity index (χ2v) is 7.54. The lowest BCUT2D eigenvalue weighted by atomic mass is 9.91. The van der Waals surface area contributed by atoms with E-state index in [0.717, 1.165) is 48.6 Å². The van der Waals surface area contributed by atoms with E-state index in [1.54, 1.807) is 35.5 Å². The van der Waals surface area contributed by atoms with Crippen molar-refractivity contribution in [1.29, 1.82) is 0 Å². The number of rotatable bonds is 5. The SMILES string of the molecule is CN(C)c1cc(NC2CCC(n3nc(-c4ccncc4)ccc3=O)CC2)ncn1. The van der Waals surface area contributed by atoms with Crippen LogP contribution < -0.4 is 15.8 Å². The van der Waals surface area contributed by atoms with Gasteiger partial charge in [0, 0.05) is 50.2 Å². The van der Waals surface area contributed by atoms with Crippen LogP contribution in [0.1, 0.15) is 31.7 Å². The quantitative estimate of drug-likeness (QED) is 0.715. The first-order chi connectivity index (χ1) is 14.1. The molecule has 0 bridgehead atoms. The molecule has 0 unspecified atom stereocenters. The van der Waals surface area contributed by atoms with Gasteiger partial charge in [0.15, 0.2) is 0 Å². The zero-order valence-corrected chi connectivity index (χ0v) is 16.7. The summed E-state index contributed by atoms with van der Waals surface area (Å²) >= 11 is 0. The lowest BCUT2D eigenvalue weighted by molar-refractivity contribution is 0.304. The molecule has 0 aliphatic heterocycles. The van der Waals surface area contributed by atoms with Crippen LogP contribution in [0.2, 0.25) is 0 Å². The van der Waals surface area contributed by atoms with Crippen LogP contribution in [-0.2, 0) is 0 Å². The molecule has 0 saturated heterocycles. The minimum absolute atomic E-state index is 0.0503. The number of anilines is 2. The number of aromatic nitrogens is 5. The third kappa shape index (κ3) is 4.42. The maximum absolute atomic E-state index is 12.4. The molecule has 0 atom stereocenters. The van der Waals surface area contributed by atoms with Crippen LogP contribution in [-0.4, -0.2) is 44.9 Å². The van der Waals surface area contributed by atoms with Gasteiger partial charge in [0.05, 0.1) is 11.7 Å². The van der Waals surface area contributed by atoms with Crippen molar-refractivity contribution in [3.8, 4) is 11.3 Å². The second-order valence-electron chi connectivity index (χ2n) is 7.54. The smallest absolute Gasteiger partial charge is 0.267 e. The predicted molar refractivity (Wildman–Crippen MR) is 113 cm³/mol. The van der Waals surface area contributed by atoms with Crippen molar-refractivity contribution in [3.63, 3.8) is 0 Å². The average molecular weight is 391 g/mol. The van der Waals surface area contributed by atoms with Crippen LogP contribution in [0.3, 0.4) is 0 Å². The molecule has 3 aromatic rings. The van der Waals surface area contributed by atoms with Crippen molar-refractivity contribution in [1.82, 2.24) is 24.7 Å². The molecular weight excluding hydrogens is 366 g/mol. The van der Waals surface area contributed by atoms with Crippen LogP contribution in [0.15, 0.2) is 53.8 Å². The normalized spacial score (nSPS) is 19.0. The van der Waals surface area contributed by atoms with Crippen LogP contribution in [0.25, 0.3) is 11.3 Å². The summed E-state index contributed by atoms with van der Waals surface area (Å²) in [6.07, 6.45) is 8.76. The Hall–Kier alpha value is -3.29. The van der Waals surface area contributed by atoms with Crippen LogP contribution in [0, 0.1) is 0 Å². The first-order valence-corrected chi connectivity index (χ1v) is 9.86. The molecule has 0 aromatic carbocycles. The Morgan fingerprint density at radius 3 is 2.52 bits per heavy atom. The molecule has 0 radical (unpaired) electrons. The first-order valence-electron chi connectivity index (χ1n) is 9.86. The maximum atomic E-state index is 12.4. The fourth-order valence-electron chi connectivity index (χ4n) is 3.71. The van der Waals surface area contributed by atoms with Gasteiger partial charge >= 0.3 is 0 Å². The number of hydrogen-bond acceptors (Lipinski definition) is 7. The first kappa shape index (κ1) is 19.0. The highest BCUT2D eigenvalue weighted by Crippen LogP contribution is 2.29. The Morgan fingerprint density at radius 2 is 1.79 bits per heavy atom. The molecule has 1 aliphatic rings. The van der Waals surface area contributed by atoms with E-state index in [1.807, 2.05) is 37.2 Å². The van der Waals surface area contributed by atoms with E-state index in [4.69, 9.17) is 0 Å². The molecular formula is C21H25N7O. The predicted octanol–water partition coefficient (Wildman–Crippen LogP) is 2.76. The number of hydrogen-bond donors (Lipinski definition) is 1. The fourth-order valence-corrected chi connectivity index (χ4v) is 3.71. The molecule has 8 heteroatoms. The van der Waals surface area contributed by atoms with Gasteiger partial charge in [-0.3, -0.25) is 9.78 Å². The Balaban J connectivity index is 1.43. The molecule has 29 heavy (non-hydrogen) atoms. The average Bonchev–Trinajstić information content (AvgIpc) is 2.75. The highest BCUT2D eigenvalue weighted by atomic mass is 16.1. The van der Waals surface area contributed by atoms with E-state index >= 15 is 0 Å². The summed E-state index contributed by atoms with van der Waals surface area (Å²) < 4.78 is 1.65. The van der Waals surface area contributed by atoms with E-state index in [2.05, 4.69) is 25.4 Å². The highest BCUT2D eigenvalue weighted by molar-refractivity contribution is 5.57. The summed E-state index contributed by atoms with van der Waals surface area (Å²) in [5.74, 6) is 1.71. The van der Waals surface area contributed by atoms with Gasteiger partial charge in [0.2, 0.25) is 0 Å². The Kier molecular flexibility index (Phi) is 5.50. The van der Waals surface area contributed by atoms with Crippen LogP contribution in [0.4, 0.5) is 11.6 Å². The van der Waals surface area contributed by atoms with E-state index in [0.29, 0.717) is 6.04 Å². The maximum Gasteiger partial charge on any atom is 0.267 e. The molecule has 1 aliphatic carbocycles. The Morgan fingerprint density at radius 1 is 1.03 bits per heavy atom. The van der Waals surface area contributed by atoms with Crippen molar-refractivity contribution in [2.45, 2.75) is 37.8 Å². The molecule has 1 N–H and O–H groups in total. The minimum atomic E-state index is -0.0503. The summed E-state index contributed by atoms with van der Waals surface area (Å²) in [5, 5.41) is 8.14. The van der Waals surface area contributed by atoms with Gasteiger partial charge in [0.25, 0.3) is 5.56 Å². The topological polar surface area (TPSA) is 88.8 Å². The number of nitrogens with one attached hydrogen (secondary N) is 1. The largest absolute Gasteiger partial charge is 0.367 e.